The molecule has 0 bridgehead atoms. The molecule has 0 aliphatic heterocycles. The van der Waals surface area contributed by atoms with Gasteiger partial charge in [0.2, 0.25) is 5.95 Å². The quantitative estimate of drug-likeness (QED) is 0.333. The van der Waals surface area contributed by atoms with Crippen LogP contribution in [0.25, 0.3) is 21.9 Å². The maximum Gasteiger partial charge on any atom is 0.222 e. The number of rotatable bonds is 4. The van der Waals surface area contributed by atoms with Crippen molar-refractivity contribution in [1.29, 1.82) is 0 Å². The summed E-state index contributed by atoms with van der Waals surface area (Å²) in [5, 5.41) is 22.5. The van der Waals surface area contributed by atoms with Crippen LogP contribution in [0.15, 0.2) is 42.1 Å². The fourth-order valence-electron chi connectivity index (χ4n) is 4.09. The zero-order chi connectivity index (χ0) is 23.4. The van der Waals surface area contributed by atoms with Crippen molar-refractivity contribution in [1.82, 2.24) is 19.5 Å². The van der Waals surface area contributed by atoms with Crippen molar-refractivity contribution < 1.29 is 19.3 Å². The fraction of sp³-hybridized carbons (Fsp3) is 0.227. The normalized spacial score (nSPS) is 20.5. The van der Waals surface area contributed by atoms with E-state index in [1.807, 2.05) is 13.0 Å². The number of aryl methyl sites for hydroxylation is 1. The summed E-state index contributed by atoms with van der Waals surface area (Å²) in [5.74, 6) is -0.168. The third kappa shape index (κ3) is 3.62. The maximum atomic E-state index is 14.5. The molecule has 0 saturated carbocycles. The molecule has 1 aliphatic carbocycles. The minimum absolute atomic E-state index is 0.0713. The van der Waals surface area contributed by atoms with Crippen LogP contribution >= 0.6 is 11.6 Å². The minimum atomic E-state index is -1.18. The van der Waals surface area contributed by atoms with Crippen molar-refractivity contribution in [3.63, 3.8) is 0 Å². The molecule has 6 N–H and O–H groups in total. The molecule has 1 aliphatic rings. The lowest BCUT2D eigenvalue weighted by Crippen LogP contribution is -2.30. The number of ether oxygens (including phenoxy) is 1. The molecule has 0 saturated heterocycles. The molecule has 11 heteroatoms. The monoisotopic (exact) mass is 470 g/mol. The number of halogens is 2. The van der Waals surface area contributed by atoms with Crippen molar-refractivity contribution in [2.24, 2.45) is 0 Å². The second kappa shape index (κ2) is 7.84. The Morgan fingerprint density at radius 1 is 1.15 bits per heavy atom. The molecule has 5 rings (SSSR count). The number of aliphatic hydroxyl groups is 2. The molecular weight excluding hydrogens is 451 g/mol. The first-order chi connectivity index (χ1) is 15.7. The van der Waals surface area contributed by atoms with Crippen molar-refractivity contribution in [3.8, 4) is 5.75 Å². The number of nitrogen functional groups attached to an aromatic ring is 2. The third-order valence-electron chi connectivity index (χ3n) is 5.78. The lowest BCUT2D eigenvalue weighted by Gasteiger charge is -2.19. The summed E-state index contributed by atoms with van der Waals surface area (Å²) in [7, 11) is 0. The second-order valence-electron chi connectivity index (χ2n) is 7.91. The van der Waals surface area contributed by atoms with Gasteiger partial charge < -0.3 is 31.0 Å². The number of pyridine rings is 1. The zero-order valence-electron chi connectivity index (χ0n) is 17.4. The van der Waals surface area contributed by atoms with Crippen molar-refractivity contribution >= 4 is 45.3 Å². The van der Waals surface area contributed by atoms with Crippen LogP contribution in [0.2, 0.25) is 5.02 Å². The van der Waals surface area contributed by atoms with Crippen LogP contribution in [0.1, 0.15) is 11.7 Å². The van der Waals surface area contributed by atoms with Gasteiger partial charge in [0.25, 0.3) is 0 Å². The SMILES string of the molecule is Cc1nc(N)nc2c1ccn2[C@@H]1C=C(COc2cc(F)c3cc(Cl)c(N)nc3c2)[C@@H](O)[C@H]1O. The van der Waals surface area contributed by atoms with Gasteiger partial charge >= 0.3 is 0 Å². The number of fused-ring (bicyclic) bond motifs is 2. The lowest BCUT2D eigenvalue weighted by atomic mass is 10.1. The van der Waals surface area contributed by atoms with E-state index in [2.05, 4.69) is 15.0 Å². The average molecular weight is 471 g/mol. The van der Waals surface area contributed by atoms with E-state index in [1.54, 1.807) is 16.8 Å². The van der Waals surface area contributed by atoms with Gasteiger partial charge in [0, 0.05) is 29.1 Å². The van der Waals surface area contributed by atoms with Crippen LogP contribution in [0.4, 0.5) is 16.2 Å². The average Bonchev–Trinajstić information content (AvgIpc) is 3.29. The van der Waals surface area contributed by atoms with E-state index in [4.69, 9.17) is 27.8 Å². The number of benzene rings is 1. The zero-order valence-corrected chi connectivity index (χ0v) is 18.2. The highest BCUT2D eigenvalue weighted by Gasteiger charge is 2.36. The van der Waals surface area contributed by atoms with E-state index in [9.17, 15) is 14.6 Å². The first-order valence-corrected chi connectivity index (χ1v) is 10.5. The molecule has 4 aromatic rings. The highest BCUT2D eigenvalue weighted by molar-refractivity contribution is 6.33. The largest absolute Gasteiger partial charge is 0.489 e. The van der Waals surface area contributed by atoms with Gasteiger partial charge in [-0.15, -0.1) is 0 Å². The Kier molecular flexibility index (Phi) is 5.08. The highest BCUT2D eigenvalue weighted by Crippen LogP contribution is 2.34. The Labute approximate surface area is 192 Å². The Morgan fingerprint density at radius 3 is 2.73 bits per heavy atom. The van der Waals surface area contributed by atoms with Gasteiger partial charge in [-0.2, -0.15) is 4.98 Å². The standard InChI is InChI=1S/C22H20ClFN6O3/c1-9-12-2-3-30(21(12)29-22(26)27-9)17-4-10(18(31)19(17)32)8-33-11-5-15(24)13-7-14(23)20(25)28-16(13)6-11/h2-7,17-19,31-32H,8H2,1H3,(H2,25,28)(H2,26,27,29)/t17-,18-,19+/m1/s1. The van der Waals surface area contributed by atoms with Crippen molar-refractivity contribution in [3.05, 3.63) is 58.6 Å². The predicted molar refractivity (Wildman–Crippen MR) is 122 cm³/mol. The molecule has 3 aromatic heterocycles. The number of nitrogens with zero attached hydrogens (tertiary/aromatic N) is 4. The molecule has 33 heavy (non-hydrogen) atoms. The van der Waals surface area contributed by atoms with Gasteiger partial charge in [-0.3, -0.25) is 0 Å². The third-order valence-corrected chi connectivity index (χ3v) is 6.09. The number of hydrogen-bond acceptors (Lipinski definition) is 8. The van der Waals surface area contributed by atoms with E-state index in [0.29, 0.717) is 16.9 Å². The molecule has 0 amide bonds. The van der Waals surface area contributed by atoms with E-state index in [0.717, 1.165) is 5.39 Å². The van der Waals surface area contributed by atoms with Crippen molar-refractivity contribution in [2.75, 3.05) is 18.1 Å². The van der Waals surface area contributed by atoms with E-state index in [-0.39, 0.29) is 40.0 Å². The molecule has 1 aromatic carbocycles. The summed E-state index contributed by atoms with van der Waals surface area (Å²) in [4.78, 5) is 12.5. The number of anilines is 2. The van der Waals surface area contributed by atoms with E-state index >= 15 is 0 Å². The predicted octanol–water partition coefficient (Wildman–Crippen LogP) is 2.53. The van der Waals surface area contributed by atoms with Crippen LogP contribution < -0.4 is 16.2 Å². The molecule has 0 unspecified atom stereocenters. The summed E-state index contributed by atoms with van der Waals surface area (Å²) in [6, 6.07) is 5.37. The fourth-order valence-corrected chi connectivity index (χ4v) is 4.25. The Balaban J connectivity index is 1.43. The summed E-state index contributed by atoms with van der Waals surface area (Å²) < 4.78 is 22.0. The van der Waals surface area contributed by atoms with Crippen LogP contribution in [0.3, 0.4) is 0 Å². The number of hydrogen-bond donors (Lipinski definition) is 4. The first-order valence-electron chi connectivity index (χ1n) is 10.1. The molecule has 170 valence electrons. The number of aliphatic hydroxyl groups excluding tert-OH is 2. The molecular formula is C22H20ClFN6O3. The number of nitrogens with two attached hydrogens (primary N) is 2. The molecule has 9 nitrogen and oxygen atoms in total. The van der Waals surface area contributed by atoms with Crippen LogP contribution in [-0.4, -0.2) is 48.5 Å². The molecule has 3 atom stereocenters. The van der Waals surface area contributed by atoms with Gasteiger partial charge in [-0.25, -0.2) is 14.4 Å². The van der Waals surface area contributed by atoms with Gasteiger partial charge in [-0.1, -0.05) is 17.7 Å². The van der Waals surface area contributed by atoms with Gasteiger partial charge in [-0.05, 0) is 24.6 Å². The Morgan fingerprint density at radius 2 is 1.94 bits per heavy atom. The summed E-state index contributed by atoms with van der Waals surface area (Å²) in [6.07, 6.45) is 1.15. The van der Waals surface area contributed by atoms with Gasteiger partial charge in [0.05, 0.1) is 22.3 Å². The van der Waals surface area contributed by atoms with Crippen LogP contribution in [0.5, 0.6) is 5.75 Å². The molecule has 3 heterocycles. The topological polar surface area (TPSA) is 145 Å². The van der Waals surface area contributed by atoms with Crippen LogP contribution in [0, 0.1) is 12.7 Å². The minimum Gasteiger partial charge on any atom is -0.489 e. The van der Waals surface area contributed by atoms with E-state index < -0.39 is 24.1 Å². The van der Waals surface area contributed by atoms with Gasteiger partial charge in [0.1, 0.15) is 41.8 Å². The highest BCUT2D eigenvalue weighted by atomic mass is 35.5. The summed E-state index contributed by atoms with van der Waals surface area (Å²) in [6.45, 7) is 1.75. The van der Waals surface area contributed by atoms with Gasteiger partial charge in [0.15, 0.2) is 0 Å². The Hall–Kier alpha value is -3.47. The smallest absolute Gasteiger partial charge is 0.222 e. The molecule has 0 fully saturated rings. The van der Waals surface area contributed by atoms with Crippen LogP contribution in [-0.2, 0) is 0 Å². The first kappa shape index (κ1) is 21.4. The number of aromatic nitrogens is 4. The lowest BCUT2D eigenvalue weighted by molar-refractivity contribution is 0.0295. The second-order valence-corrected chi connectivity index (χ2v) is 8.32. The summed E-state index contributed by atoms with van der Waals surface area (Å²) in [5.41, 5.74) is 13.5. The maximum absolute atomic E-state index is 14.5. The summed E-state index contributed by atoms with van der Waals surface area (Å²) >= 11 is 5.92. The Bertz CT molecular complexity index is 1440. The molecule has 0 radical (unpaired) electrons. The van der Waals surface area contributed by atoms with Crippen molar-refractivity contribution in [2.45, 2.75) is 25.2 Å². The molecule has 0 spiro atoms. The van der Waals surface area contributed by atoms with E-state index in [1.165, 1.54) is 18.2 Å².